The van der Waals surface area contributed by atoms with Gasteiger partial charge in [0.05, 0.1) is 6.54 Å². The van der Waals surface area contributed by atoms with Gasteiger partial charge >= 0.3 is 0 Å². The quantitative estimate of drug-likeness (QED) is 0.529. The van der Waals surface area contributed by atoms with Gasteiger partial charge in [-0.15, -0.1) is 0 Å². The maximum absolute atomic E-state index is 5.64. The van der Waals surface area contributed by atoms with Crippen molar-refractivity contribution in [1.29, 1.82) is 0 Å². The molecule has 1 atom stereocenters. The first-order valence-electron chi connectivity index (χ1n) is 13.2. The molecule has 0 aliphatic carbocycles. The maximum Gasteiger partial charge on any atom is 0.174 e. The Morgan fingerprint density at radius 3 is 2.50 bits per heavy atom. The molecular formula is C29H44N6O. The first-order chi connectivity index (χ1) is 16.8. The lowest BCUT2D eigenvalue weighted by Crippen LogP contribution is -2.45. The van der Waals surface area contributed by atoms with Crippen LogP contribution < -0.4 is 5.32 Å². The van der Waals surface area contributed by atoms with E-state index in [2.05, 4.69) is 76.1 Å². The zero-order valence-corrected chi connectivity index (χ0v) is 23.4. The summed E-state index contributed by atoms with van der Waals surface area (Å²) in [5.74, 6) is 2.92. The molecule has 4 aliphatic rings. The van der Waals surface area contributed by atoms with Crippen LogP contribution in [0.5, 0.6) is 0 Å². The molecule has 7 nitrogen and oxygen atoms in total. The molecule has 196 valence electrons. The topological polar surface area (TPSA) is 64.8 Å². The number of ether oxygens (including phenoxy) is 1. The zero-order chi connectivity index (χ0) is 26.2. The molecule has 0 aromatic heterocycles. The standard InChI is InChI=1S/C29H44N6O/c1-26(2)10-9-14-34(15-13-26)24-16-23(35-25(33-24)18-28(5,6)21-32-35)30-19-22-17-27(3,4)11-12-29(7,36-8)31-20-22/h11-12,16-18,20-21,33H,9-10,13-15,19H2,1-8H3/b12-11-,22-17-,30-23?,31-20-. The Labute approximate surface area is 217 Å². The molecule has 0 aromatic carbocycles. The van der Waals surface area contributed by atoms with Crippen LogP contribution in [0.3, 0.4) is 0 Å². The average Bonchev–Trinajstić information content (AvgIpc) is 2.98. The van der Waals surface area contributed by atoms with Crippen molar-refractivity contribution in [2.45, 2.75) is 73.5 Å². The third-order valence-corrected chi connectivity index (χ3v) is 7.37. The van der Waals surface area contributed by atoms with Crippen molar-refractivity contribution in [2.75, 3.05) is 26.7 Å². The molecule has 0 spiro atoms. The molecule has 36 heavy (non-hydrogen) atoms. The van der Waals surface area contributed by atoms with Crippen LogP contribution in [0.15, 0.2) is 62.7 Å². The minimum Gasteiger partial charge on any atom is -0.358 e. The Bertz CT molecular complexity index is 1070. The smallest absolute Gasteiger partial charge is 0.174 e. The molecule has 0 bridgehead atoms. The lowest BCUT2D eigenvalue weighted by Gasteiger charge is -2.38. The molecule has 4 aliphatic heterocycles. The van der Waals surface area contributed by atoms with Crippen LogP contribution in [0.25, 0.3) is 0 Å². The van der Waals surface area contributed by atoms with Crippen LogP contribution in [0.1, 0.15) is 67.7 Å². The molecule has 0 radical (unpaired) electrons. The highest BCUT2D eigenvalue weighted by molar-refractivity contribution is 5.97. The highest BCUT2D eigenvalue weighted by atomic mass is 16.5. The van der Waals surface area contributed by atoms with E-state index in [0.717, 1.165) is 36.1 Å². The Morgan fingerprint density at radius 1 is 0.972 bits per heavy atom. The summed E-state index contributed by atoms with van der Waals surface area (Å²) in [5, 5.41) is 10.4. The fourth-order valence-corrected chi connectivity index (χ4v) is 4.85. The summed E-state index contributed by atoms with van der Waals surface area (Å²) in [4.78, 5) is 12.2. The molecule has 1 saturated heterocycles. The van der Waals surface area contributed by atoms with Crippen molar-refractivity contribution < 1.29 is 4.74 Å². The number of aliphatic imine (C=N–C) groups is 2. The minimum absolute atomic E-state index is 0.122. The van der Waals surface area contributed by atoms with E-state index in [4.69, 9.17) is 19.8 Å². The fourth-order valence-electron chi connectivity index (χ4n) is 4.85. The number of likely N-dealkylation sites (tertiary alicyclic amines) is 1. The van der Waals surface area contributed by atoms with Gasteiger partial charge in [0, 0.05) is 49.5 Å². The largest absolute Gasteiger partial charge is 0.358 e. The summed E-state index contributed by atoms with van der Waals surface area (Å²) < 4.78 is 5.64. The third kappa shape index (κ3) is 6.36. The van der Waals surface area contributed by atoms with Crippen LogP contribution in [0.2, 0.25) is 0 Å². The van der Waals surface area contributed by atoms with Gasteiger partial charge in [-0.25, -0.2) is 0 Å². The van der Waals surface area contributed by atoms with Crippen molar-refractivity contribution in [3.63, 3.8) is 0 Å². The van der Waals surface area contributed by atoms with Gasteiger partial charge in [0.25, 0.3) is 0 Å². The number of allylic oxidation sites excluding steroid dienone is 3. The number of hydrazone groups is 1. The normalized spacial score (nSPS) is 33.1. The molecular weight excluding hydrogens is 448 g/mol. The van der Waals surface area contributed by atoms with E-state index in [9.17, 15) is 0 Å². The van der Waals surface area contributed by atoms with Gasteiger partial charge in [0.2, 0.25) is 0 Å². The fraction of sp³-hybridized carbons (Fsp3) is 0.621. The van der Waals surface area contributed by atoms with E-state index in [0.29, 0.717) is 12.0 Å². The van der Waals surface area contributed by atoms with Gasteiger partial charge in [0.1, 0.15) is 11.6 Å². The lowest BCUT2D eigenvalue weighted by molar-refractivity contribution is 0.0567. The average molecular weight is 493 g/mol. The van der Waals surface area contributed by atoms with Gasteiger partial charge < -0.3 is 15.0 Å². The Kier molecular flexibility index (Phi) is 7.08. The van der Waals surface area contributed by atoms with Gasteiger partial charge in [-0.05, 0) is 49.3 Å². The molecule has 4 heterocycles. The summed E-state index contributed by atoms with van der Waals surface area (Å²) >= 11 is 0. The highest BCUT2D eigenvalue weighted by Crippen LogP contribution is 2.33. The van der Waals surface area contributed by atoms with Crippen LogP contribution in [0, 0.1) is 16.2 Å². The third-order valence-electron chi connectivity index (χ3n) is 7.37. The van der Waals surface area contributed by atoms with Crippen LogP contribution >= 0.6 is 0 Å². The highest BCUT2D eigenvalue weighted by Gasteiger charge is 2.32. The van der Waals surface area contributed by atoms with Crippen LogP contribution in [-0.2, 0) is 4.74 Å². The predicted octanol–water partition coefficient (Wildman–Crippen LogP) is 5.47. The van der Waals surface area contributed by atoms with Gasteiger partial charge in [0.15, 0.2) is 11.6 Å². The molecule has 7 heteroatoms. The first-order valence-corrected chi connectivity index (χ1v) is 13.2. The van der Waals surface area contributed by atoms with Crippen LogP contribution in [-0.4, -0.2) is 60.6 Å². The first kappa shape index (κ1) is 26.4. The van der Waals surface area contributed by atoms with E-state index in [1.165, 1.54) is 19.3 Å². The van der Waals surface area contributed by atoms with Gasteiger partial charge in [-0.3, -0.25) is 9.98 Å². The van der Waals surface area contributed by atoms with E-state index in [1.54, 1.807) is 7.11 Å². The number of nitrogens with zero attached hydrogens (tertiary/aromatic N) is 5. The number of hydrogen-bond acceptors (Lipinski definition) is 6. The van der Waals surface area contributed by atoms with E-state index < -0.39 is 5.72 Å². The molecule has 0 saturated carbocycles. The number of hydrogen-bond donors (Lipinski definition) is 1. The second kappa shape index (κ2) is 9.66. The van der Waals surface area contributed by atoms with E-state index in [1.807, 2.05) is 30.4 Å². The number of amidine groups is 1. The number of nitrogens with one attached hydrogen (secondary N) is 1. The monoisotopic (exact) mass is 492 g/mol. The van der Waals surface area contributed by atoms with Crippen molar-refractivity contribution in [1.82, 2.24) is 15.2 Å². The Morgan fingerprint density at radius 2 is 1.75 bits per heavy atom. The minimum atomic E-state index is -0.676. The van der Waals surface area contributed by atoms with Gasteiger partial charge in [-0.2, -0.15) is 10.1 Å². The van der Waals surface area contributed by atoms with Gasteiger partial charge in [-0.1, -0.05) is 53.7 Å². The summed E-state index contributed by atoms with van der Waals surface area (Å²) in [5.41, 5.74) is 0.504. The second-order valence-electron chi connectivity index (χ2n) is 12.6. The van der Waals surface area contributed by atoms with Crippen molar-refractivity contribution in [3.05, 3.63) is 47.6 Å². The van der Waals surface area contributed by atoms with Crippen molar-refractivity contribution in [3.8, 4) is 0 Å². The molecule has 1 unspecified atom stereocenters. The van der Waals surface area contributed by atoms with Crippen molar-refractivity contribution >= 4 is 18.3 Å². The molecule has 4 rings (SSSR count). The molecule has 0 aromatic rings. The Hall–Kier alpha value is -2.67. The zero-order valence-electron chi connectivity index (χ0n) is 23.4. The Balaban J connectivity index is 1.66. The van der Waals surface area contributed by atoms with E-state index in [-0.39, 0.29) is 10.8 Å². The number of fused-ring (bicyclic) bond motifs is 1. The molecule has 0 amide bonds. The number of methoxy groups -OCH3 is 1. The predicted molar refractivity (Wildman–Crippen MR) is 150 cm³/mol. The number of rotatable bonds is 4. The van der Waals surface area contributed by atoms with Crippen LogP contribution in [0.4, 0.5) is 0 Å². The SMILES string of the molecule is COC1(C)/C=C\C(C)(C)/C=C(CN=C2C=C(N3CCCC(C)(C)CC3)NC3=CC(C)(C)C=NN32)\C=N/1. The molecule has 1 N–H and O–H groups in total. The summed E-state index contributed by atoms with van der Waals surface area (Å²) in [6.07, 6.45) is 18.3. The van der Waals surface area contributed by atoms with E-state index >= 15 is 0 Å². The lowest BCUT2D eigenvalue weighted by atomic mass is 9.85. The summed E-state index contributed by atoms with van der Waals surface area (Å²) in [6.45, 7) is 18.0. The van der Waals surface area contributed by atoms with Crippen molar-refractivity contribution in [2.24, 2.45) is 31.3 Å². The second-order valence-corrected chi connectivity index (χ2v) is 12.6. The summed E-state index contributed by atoms with van der Waals surface area (Å²) in [6, 6.07) is 0. The maximum atomic E-state index is 5.64. The molecule has 1 fully saturated rings. The summed E-state index contributed by atoms with van der Waals surface area (Å²) in [7, 11) is 1.69.